The number of urea groups is 1. The molecule has 0 spiro atoms. The summed E-state index contributed by atoms with van der Waals surface area (Å²) in [6.45, 7) is 4.81. The zero-order valence-corrected chi connectivity index (χ0v) is 29.7. The van der Waals surface area contributed by atoms with Crippen molar-refractivity contribution >= 4 is 40.6 Å². The summed E-state index contributed by atoms with van der Waals surface area (Å²) in [5.41, 5.74) is 11.5. The molecular weight excluding hydrogens is 662 g/mol. The number of hydrazine groups is 1. The summed E-state index contributed by atoms with van der Waals surface area (Å²) in [7, 11) is 0. The van der Waals surface area contributed by atoms with Crippen LogP contribution in [0, 0.1) is 5.92 Å². The maximum Gasteiger partial charge on any atom is 0.336 e. The number of fused-ring (bicyclic) bond motifs is 1. The van der Waals surface area contributed by atoms with Gasteiger partial charge in [0.2, 0.25) is 17.7 Å². The summed E-state index contributed by atoms with van der Waals surface area (Å²) < 4.78 is 5.71. The number of ether oxygens (including phenoxy) is 1. The topological polar surface area (TPSA) is 188 Å². The molecule has 0 aliphatic rings. The van der Waals surface area contributed by atoms with Crippen LogP contribution < -0.4 is 27.1 Å². The van der Waals surface area contributed by atoms with Gasteiger partial charge in [0.05, 0.1) is 19.8 Å². The number of hydrogen-bond donors (Lipinski definition) is 6. The number of nitrogens with zero attached hydrogens (tertiary/aromatic N) is 1. The number of nitrogens with one attached hydrogen (secondary N) is 5. The number of H-pyrrole nitrogens is 1. The lowest BCUT2D eigenvalue weighted by atomic mass is 10.0. The van der Waals surface area contributed by atoms with Crippen LogP contribution in [0.3, 0.4) is 0 Å². The van der Waals surface area contributed by atoms with E-state index in [9.17, 15) is 24.0 Å². The molecule has 1 heterocycles. The second-order valence-electron chi connectivity index (χ2n) is 13.0. The minimum atomic E-state index is -1.18. The van der Waals surface area contributed by atoms with Gasteiger partial charge in [0.1, 0.15) is 12.1 Å². The van der Waals surface area contributed by atoms with Crippen LogP contribution in [0.2, 0.25) is 0 Å². The smallest absolute Gasteiger partial charge is 0.336 e. The van der Waals surface area contributed by atoms with Crippen molar-refractivity contribution in [1.29, 1.82) is 0 Å². The number of carbonyl (C=O) groups is 5. The predicted octanol–water partition coefficient (Wildman–Crippen LogP) is 3.84. The summed E-state index contributed by atoms with van der Waals surface area (Å²) >= 11 is 0. The average Bonchev–Trinajstić information content (AvgIpc) is 3.54. The summed E-state index contributed by atoms with van der Waals surface area (Å²) in [5.74, 6) is -2.03. The number of benzene rings is 3. The van der Waals surface area contributed by atoms with Gasteiger partial charge in [-0.15, -0.1) is 0 Å². The minimum Gasteiger partial charge on any atom is -0.375 e. The van der Waals surface area contributed by atoms with E-state index in [0.29, 0.717) is 13.0 Å². The van der Waals surface area contributed by atoms with Gasteiger partial charge in [-0.1, -0.05) is 92.7 Å². The first-order valence-corrected chi connectivity index (χ1v) is 17.5. The standard InChI is InChI=1S/C39H49N7O6/c1-27(2)17-20-36(48)43-33(18-19-35(40)47)37(49)44-34(23-30-24-42-32-16-10-9-15-31(30)32)38(50)45-46(25-28-11-5-3-6-12-28)39(51)41-21-22-52-26-29-13-7-4-8-14-29/h3-16,24,27,33-34,42H,17-23,25-26H2,1-2H3,(H2,40,47)(H,41,51)(H,43,48)(H,44,49)(H,45,50). The van der Waals surface area contributed by atoms with Gasteiger partial charge >= 0.3 is 6.03 Å². The Kier molecular flexibility index (Phi) is 15.2. The van der Waals surface area contributed by atoms with Crippen molar-refractivity contribution in [2.45, 2.75) is 71.2 Å². The van der Waals surface area contributed by atoms with Gasteiger partial charge < -0.3 is 31.4 Å². The van der Waals surface area contributed by atoms with Crippen LogP contribution in [-0.2, 0) is 43.5 Å². The molecule has 2 unspecified atom stereocenters. The molecule has 4 rings (SSSR count). The highest BCUT2D eigenvalue weighted by molar-refractivity contribution is 5.94. The number of rotatable bonds is 19. The Balaban J connectivity index is 1.52. The summed E-state index contributed by atoms with van der Waals surface area (Å²) in [6, 6.07) is 23.5. The third-order valence-electron chi connectivity index (χ3n) is 8.32. The van der Waals surface area contributed by atoms with Gasteiger partial charge in [0.25, 0.3) is 5.91 Å². The van der Waals surface area contributed by atoms with Crippen molar-refractivity contribution < 1.29 is 28.7 Å². The van der Waals surface area contributed by atoms with Crippen molar-refractivity contribution in [3.63, 3.8) is 0 Å². The number of amides is 6. The zero-order chi connectivity index (χ0) is 37.3. The fraction of sp³-hybridized carbons (Fsp3) is 0.359. The molecule has 3 aromatic carbocycles. The second kappa shape index (κ2) is 20.2. The van der Waals surface area contributed by atoms with Gasteiger partial charge in [-0.3, -0.25) is 24.6 Å². The molecule has 0 aliphatic carbocycles. The quantitative estimate of drug-likeness (QED) is 0.0633. The SMILES string of the molecule is CC(C)CCC(=O)NC(CCC(N)=O)C(=O)NC(Cc1c[nH]c2ccccc12)C(=O)NN(Cc1ccccc1)C(=O)NCCOCc1ccccc1. The highest BCUT2D eigenvalue weighted by atomic mass is 16.5. The van der Waals surface area contributed by atoms with Crippen LogP contribution in [0.4, 0.5) is 4.79 Å². The van der Waals surface area contributed by atoms with E-state index in [1.807, 2.05) is 98.8 Å². The molecule has 0 saturated carbocycles. The lowest BCUT2D eigenvalue weighted by molar-refractivity contribution is -0.134. The average molecular weight is 712 g/mol. The first-order chi connectivity index (χ1) is 25.1. The van der Waals surface area contributed by atoms with E-state index >= 15 is 0 Å². The number of nitrogens with two attached hydrogens (primary N) is 1. The summed E-state index contributed by atoms with van der Waals surface area (Å²) in [4.78, 5) is 69.0. The largest absolute Gasteiger partial charge is 0.375 e. The van der Waals surface area contributed by atoms with E-state index in [4.69, 9.17) is 10.5 Å². The van der Waals surface area contributed by atoms with E-state index in [0.717, 1.165) is 32.6 Å². The molecule has 1 aromatic heterocycles. The molecule has 276 valence electrons. The van der Waals surface area contributed by atoms with Crippen molar-refractivity contribution in [2.24, 2.45) is 11.7 Å². The fourth-order valence-corrected chi connectivity index (χ4v) is 5.47. The van der Waals surface area contributed by atoms with E-state index < -0.39 is 35.8 Å². The fourth-order valence-electron chi connectivity index (χ4n) is 5.47. The number of aromatic amines is 1. The van der Waals surface area contributed by atoms with Crippen LogP contribution in [0.15, 0.2) is 91.1 Å². The van der Waals surface area contributed by atoms with Gasteiger partial charge in [-0.2, -0.15) is 0 Å². The number of hydrogen-bond acceptors (Lipinski definition) is 6. The Labute approximate surface area is 304 Å². The zero-order valence-electron chi connectivity index (χ0n) is 29.7. The van der Waals surface area contributed by atoms with Crippen LogP contribution >= 0.6 is 0 Å². The molecule has 0 bridgehead atoms. The molecule has 7 N–H and O–H groups in total. The molecule has 13 nitrogen and oxygen atoms in total. The molecule has 2 atom stereocenters. The molecule has 0 radical (unpaired) electrons. The summed E-state index contributed by atoms with van der Waals surface area (Å²) in [6.07, 6.45) is 2.42. The highest BCUT2D eigenvalue weighted by Gasteiger charge is 2.30. The van der Waals surface area contributed by atoms with E-state index in [1.54, 1.807) is 6.20 Å². The van der Waals surface area contributed by atoms with E-state index in [2.05, 4.69) is 26.4 Å². The van der Waals surface area contributed by atoms with Crippen molar-refractivity contribution in [1.82, 2.24) is 31.4 Å². The number of primary amides is 1. The second-order valence-corrected chi connectivity index (χ2v) is 13.0. The highest BCUT2D eigenvalue weighted by Crippen LogP contribution is 2.19. The van der Waals surface area contributed by atoms with Crippen molar-refractivity contribution in [3.05, 3.63) is 108 Å². The van der Waals surface area contributed by atoms with Crippen molar-refractivity contribution in [3.8, 4) is 0 Å². The van der Waals surface area contributed by atoms with Crippen LogP contribution in [0.5, 0.6) is 0 Å². The van der Waals surface area contributed by atoms with Crippen LogP contribution in [0.1, 0.15) is 56.2 Å². The lowest BCUT2D eigenvalue weighted by Gasteiger charge is -2.28. The Hall–Kier alpha value is -5.69. The van der Waals surface area contributed by atoms with E-state index in [-0.39, 0.29) is 57.2 Å². The maximum atomic E-state index is 14.1. The molecule has 0 fully saturated rings. The van der Waals surface area contributed by atoms with Crippen LogP contribution in [0.25, 0.3) is 10.9 Å². The van der Waals surface area contributed by atoms with Gasteiger partial charge in [-0.05, 0) is 41.5 Å². The molecule has 6 amide bonds. The Morgan fingerprint density at radius 2 is 1.46 bits per heavy atom. The van der Waals surface area contributed by atoms with Gasteiger partial charge in [0, 0.05) is 42.9 Å². The van der Waals surface area contributed by atoms with Gasteiger partial charge in [-0.25, -0.2) is 9.80 Å². The maximum absolute atomic E-state index is 14.1. The minimum absolute atomic E-state index is 0.0319. The molecule has 13 heteroatoms. The Morgan fingerprint density at radius 3 is 2.15 bits per heavy atom. The number of carbonyl (C=O) groups excluding carboxylic acids is 5. The monoisotopic (exact) mass is 711 g/mol. The Bertz CT molecular complexity index is 1760. The van der Waals surface area contributed by atoms with Crippen molar-refractivity contribution in [2.75, 3.05) is 13.2 Å². The molecule has 0 saturated heterocycles. The first-order valence-electron chi connectivity index (χ1n) is 17.5. The molecule has 4 aromatic rings. The van der Waals surface area contributed by atoms with Crippen LogP contribution in [-0.4, -0.2) is 64.9 Å². The van der Waals surface area contributed by atoms with Gasteiger partial charge in [0.15, 0.2) is 0 Å². The lowest BCUT2D eigenvalue weighted by Crippen LogP contribution is -2.58. The molecular formula is C39H49N7O6. The normalized spacial score (nSPS) is 12.1. The number of para-hydroxylation sites is 1. The van der Waals surface area contributed by atoms with E-state index in [1.165, 1.54) is 0 Å². The molecule has 52 heavy (non-hydrogen) atoms. The number of aromatic nitrogens is 1. The Morgan fingerprint density at radius 1 is 0.788 bits per heavy atom. The predicted molar refractivity (Wildman–Crippen MR) is 198 cm³/mol. The third-order valence-corrected chi connectivity index (χ3v) is 8.32. The first kappa shape index (κ1) is 39.1. The summed E-state index contributed by atoms with van der Waals surface area (Å²) in [5, 5.41) is 10.3. The third kappa shape index (κ3) is 12.9. The molecule has 0 aliphatic heterocycles.